The average molecular weight is 550 g/mol. The highest BCUT2D eigenvalue weighted by Gasteiger charge is 2.30. The van der Waals surface area contributed by atoms with Crippen LogP contribution in [0.5, 0.6) is 0 Å². The molecule has 8 heteroatoms. The predicted molar refractivity (Wildman–Crippen MR) is 157 cm³/mol. The fourth-order valence-electron chi connectivity index (χ4n) is 6.02. The number of amides is 1. The molecule has 41 heavy (non-hydrogen) atoms. The molecule has 6 rings (SSSR count). The average Bonchev–Trinajstić information content (AvgIpc) is 3.28. The van der Waals surface area contributed by atoms with Gasteiger partial charge in [0.25, 0.3) is 5.56 Å². The van der Waals surface area contributed by atoms with Crippen LogP contribution in [0.4, 0.5) is 4.39 Å². The number of nitrogens with two attached hydrogens (primary N) is 1. The maximum Gasteiger partial charge on any atom is 0.333 e. The minimum atomic E-state index is -1.04. The normalized spacial score (nSPS) is 12.4. The molecule has 0 bridgehead atoms. The second-order valence-electron chi connectivity index (χ2n) is 11.1. The summed E-state index contributed by atoms with van der Waals surface area (Å²) in [5, 5.41) is 10.7. The first kappa shape index (κ1) is 26.4. The zero-order valence-corrected chi connectivity index (χ0v) is 23.1. The Morgan fingerprint density at radius 3 is 2.44 bits per heavy atom. The van der Waals surface area contributed by atoms with Crippen LogP contribution in [0, 0.1) is 19.7 Å². The number of rotatable bonds is 4. The lowest BCUT2D eigenvalue weighted by Crippen LogP contribution is -2.34. The number of fused-ring (bicyclic) bond motifs is 4. The lowest BCUT2D eigenvalue weighted by Gasteiger charge is -2.21. The Hall–Kier alpha value is -4.82. The maximum atomic E-state index is 14.4. The number of aromatic amines is 1. The first-order chi connectivity index (χ1) is 19.4. The molecule has 5 aromatic rings. The second kappa shape index (κ2) is 9.11. The first-order valence-corrected chi connectivity index (χ1v) is 13.2. The molecule has 0 radical (unpaired) electrons. The van der Waals surface area contributed by atoms with Crippen molar-refractivity contribution in [2.75, 3.05) is 0 Å². The van der Waals surface area contributed by atoms with Crippen molar-refractivity contribution in [2.45, 2.75) is 39.7 Å². The van der Waals surface area contributed by atoms with Gasteiger partial charge in [0.2, 0.25) is 5.91 Å². The maximum absolute atomic E-state index is 14.4. The molecule has 1 aromatic heterocycles. The molecule has 0 fully saturated rings. The summed E-state index contributed by atoms with van der Waals surface area (Å²) < 4.78 is 15.4. The molecule has 1 amide bonds. The molecule has 0 aliphatic heterocycles. The summed E-state index contributed by atoms with van der Waals surface area (Å²) in [6.45, 7) is 7.17. The summed E-state index contributed by atoms with van der Waals surface area (Å²) in [5.41, 5.74) is 11.5. The van der Waals surface area contributed by atoms with Crippen molar-refractivity contribution in [1.82, 2.24) is 9.55 Å². The fraction of sp³-hybridized carbons (Fsp3) is 0.182. The van der Waals surface area contributed by atoms with Gasteiger partial charge >= 0.3 is 5.69 Å². The number of carbonyl (C=O) groups excluding carboxylic acids is 1. The Balaban J connectivity index is 1.64. The van der Waals surface area contributed by atoms with Crippen molar-refractivity contribution in [2.24, 2.45) is 5.73 Å². The summed E-state index contributed by atoms with van der Waals surface area (Å²) in [6.07, 6.45) is 0.467. The minimum Gasteiger partial charge on any atom is -0.386 e. The number of nitrogens with zero attached hydrogens (tertiary/aromatic N) is 1. The van der Waals surface area contributed by atoms with Crippen LogP contribution in [0.2, 0.25) is 0 Å². The molecule has 0 unspecified atom stereocenters. The Kier molecular flexibility index (Phi) is 5.86. The fourth-order valence-corrected chi connectivity index (χ4v) is 6.02. The molecule has 0 saturated carbocycles. The number of primary amides is 1. The van der Waals surface area contributed by atoms with Crippen molar-refractivity contribution >= 4 is 16.8 Å². The third kappa shape index (κ3) is 4.02. The van der Waals surface area contributed by atoms with Crippen LogP contribution in [0.1, 0.15) is 52.0 Å². The van der Waals surface area contributed by atoms with Crippen LogP contribution in [0.15, 0.2) is 70.3 Å². The number of H-pyrrole nitrogens is 1. The highest BCUT2D eigenvalue weighted by Crippen LogP contribution is 2.48. The van der Waals surface area contributed by atoms with Crippen molar-refractivity contribution < 1.29 is 14.3 Å². The van der Waals surface area contributed by atoms with Crippen LogP contribution in [0.25, 0.3) is 38.8 Å². The van der Waals surface area contributed by atoms with Gasteiger partial charge in [0.15, 0.2) is 0 Å². The molecule has 4 N–H and O–H groups in total. The molecular weight excluding hydrogens is 521 g/mol. The molecule has 0 saturated heterocycles. The second-order valence-corrected chi connectivity index (χ2v) is 11.1. The van der Waals surface area contributed by atoms with E-state index < -0.39 is 28.6 Å². The quantitative estimate of drug-likeness (QED) is 0.287. The SMILES string of the molecule is Cc1cc(C(N)=O)c2c(c1-c1cccc(-n3c(=O)[nH]c4c(F)cccc4c3=O)c1C)-c1ccc(C(C)(C)O)cc1C2. The van der Waals surface area contributed by atoms with E-state index >= 15 is 0 Å². The first-order valence-electron chi connectivity index (χ1n) is 13.2. The summed E-state index contributed by atoms with van der Waals surface area (Å²) in [4.78, 5) is 41.6. The van der Waals surface area contributed by atoms with E-state index in [1.165, 1.54) is 18.2 Å². The van der Waals surface area contributed by atoms with Gasteiger partial charge < -0.3 is 15.8 Å². The van der Waals surface area contributed by atoms with Gasteiger partial charge in [-0.3, -0.25) is 9.59 Å². The van der Waals surface area contributed by atoms with Gasteiger partial charge in [-0.25, -0.2) is 13.8 Å². The number of aromatic nitrogens is 2. The topological polar surface area (TPSA) is 118 Å². The number of halogens is 1. The van der Waals surface area contributed by atoms with E-state index in [9.17, 15) is 23.9 Å². The smallest absolute Gasteiger partial charge is 0.333 e. The van der Waals surface area contributed by atoms with E-state index in [4.69, 9.17) is 5.73 Å². The molecular formula is C33H28FN3O4. The predicted octanol–water partition coefficient (Wildman–Crippen LogP) is 5.00. The monoisotopic (exact) mass is 549 g/mol. The zero-order chi connectivity index (χ0) is 29.4. The van der Waals surface area contributed by atoms with E-state index in [1.54, 1.807) is 32.0 Å². The molecule has 4 aromatic carbocycles. The Morgan fingerprint density at radius 2 is 1.73 bits per heavy atom. The summed E-state index contributed by atoms with van der Waals surface area (Å²) in [6, 6.07) is 17.0. The summed E-state index contributed by atoms with van der Waals surface area (Å²) in [7, 11) is 0. The lowest BCUT2D eigenvalue weighted by atomic mass is 9.85. The van der Waals surface area contributed by atoms with Gasteiger partial charge in [0.1, 0.15) is 5.82 Å². The molecule has 7 nitrogen and oxygen atoms in total. The van der Waals surface area contributed by atoms with Crippen LogP contribution in [-0.4, -0.2) is 20.6 Å². The minimum absolute atomic E-state index is 0.0637. The van der Waals surface area contributed by atoms with Gasteiger partial charge in [-0.2, -0.15) is 0 Å². The molecule has 0 atom stereocenters. The van der Waals surface area contributed by atoms with E-state index in [0.29, 0.717) is 23.2 Å². The molecule has 1 aliphatic carbocycles. The number of carbonyl (C=O) groups is 1. The summed E-state index contributed by atoms with van der Waals surface area (Å²) >= 11 is 0. The van der Waals surface area contributed by atoms with Crippen molar-refractivity contribution in [3.05, 3.63) is 121 Å². The van der Waals surface area contributed by atoms with Crippen LogP contribution in [-0.2, 0) is 12.0 Å². The largest absolute Gasteiger partial charge is 0.386 e. The number of hydrogen-bond donors (Lipinski definition) is 3. The lowest BCUT2D eigenvalue weighted by molar-refractivity contribution is 0.0785. The Morgan fingerprint density at radius 1 is 1.00 bits per heavy atom. The number of nitrogens with one attached hydrogen (secondary N) is 1. The number of para-hydroxylation sites is 1. The van der Waals surface area contributed by atoms with Gasteiger partial charge in [0, 0.05) is 5.56 Å². The Labute approximate surface area is 234 Å². The third-order valence-electron chi connectivity index (χ3n) is 8.04. The van der Waals surface area contributed by atoms with Gasteiger partial charge in [0.05, 0.1) is 22.2 Å². The molecule has 1 aliphatic rings. The molecule has 1 heterocycles. The van der Waals surface area contributed by atoms with E-state index in [2.05, 4.69) is 4.98 Å². The third-order valence-corrected chi connectivity index (χ3v) is 8.04. The number of aryl methyl sites for hydroxylation is 1. The summed E-state index contributed by atoms with van der Waals surface area (Å²) in [5.74, 6) is -1.21. The van der Waals surface area contributed by atoms with E-state index in [0.717, 1.165) is 49.1 Å². The number of benzene rings is 4. The van der Waals surface area contributed by atoms with Crippen molar-refractivity contribution in [3.63, 3.8) is 0 Å². The standard InChI is InChI=1S/C33H28FN3O4/c1-16-13-24(30(35)38)23-15-18-14-19(33(3,4)41)11-12-21(18)28(23)27(16)20-7-6-10-26(17(20)2)37-31(39)22-8-5-9-25(34)29(22)36-32(37)40/h5-14,41H,15H2,1-4H3,(H2,35,38)(H,36,40). The van der Waals surface area contributed by atoms with Crippen LogP contribution in [0.3, 0.4) is 0 Å². The van der Waals surface area contributed by atoms with Crippen molar-refractivity contribution in [1.29, 1.82) is 0 Å². The van der Waals surface area contributed by atoms with Crippen LogP contribution >= 0.6 is 0 Å². The van der Waals surface area contributed by atoms with E-state index in [1.807, 2.05) is 38.1 Å². The van der Waals surface area contributed by atoms with E-state index in [-0.39, 0.29) is 10.9 Å². The molecule has 0 spiro atoms. The number of hydrogen-bond acceptors (Lipinski definition) is 4. The number of aliphatic hydroxyl groups is 1. The van der Waals surface area contributed by atoms with Crippen LogP contribution < -0.4 is 17.0 Å². The van der Waals surface area contributed by atoms with Gasteiger partial charge in [-0.05, 0) is 108 Å². The van der Waals surface area contributed by atoms with Gasteiger partial charge in [-0.15, -0.1) is 0 Å². The van der Waals surface area contributed by atoms with Crippen molar-refractivity contribution in [3.8, 4) is 27.9 Å². The van der Waals surface area contributed by atoms with Gasteiger partial charge in [-0.1, -0.05) is 36.4 Å². The highest BCUT2D eigenvalue weighted by atomic mass is 19.1. The zero-order valence-electron chi connectivity index (χ0n) is 23.1. The molecule has 206 valence electrons. The highest BCUT2D eigenvalue weighted by molar-refractivity contribution is 6.03. The Bertz CT molecular complexity index is 2070.